The molecule has 114 valence electrons. The van der Waals surface area contributed by atoms with Crippen molar-refractivity contribution < 1.29 is 9.47 Å². The Kier molecular flexibility index (Phi) is 5.96. The van der Waals surface area contributed by atoms with E-state index in [1.807, 2.05) is 0 Å². The van der Waals surface area contributed by atoms with E-state index in [9.17, 15) is 0 Å². The van der Waals surface area contributed by atoms with E-state index in [0.717, 1.165) is 62.9 Å². The van der Waals surface area contributed by atoms with Gasteiger partial charge in [-0.05, 0) is 26.8 Å². The Morgan fingerprint density at radius 1 is 1.35 bits per heavy atom. The minimum atomic E-state index is -0.217. The minimum absolute atomic E-state index is 0.217. The summed E-state index contributed by atoms with van der Waals surface area (Å²) in [5.74, 6) is 0. The maximum absolute atomic E-state index is 6.10. The van der Waals surface area contributed by atoms with Crippen molar-refractivity contribution in [2.75, 3.05) is 26.4 Å². The van der Waals surface area contributed by atoms with Crippen molar-refractivity contribution >= 4 is 11.3 Å². The molecule has 1 saturated heterocycles. The van der Waals surface area contributed by atoms with Gasteiger partial charge in [-0.2, -0.15) is 0 Å². The van der Waals surface area contributed by atoms with Gasteiger partial charge in [0.2, 0.25) is 0 Å². The fourth-order valence-electron chi connectivity index (χ4n) is 2.56. The maximum atomic E-state index is 6.10. The van der Waals surface area contributed by atoms with Crippen LogP contribution in [0.25, 0.3) is 0 Å². The zero-order chi connectivity index (χ0) is 14.4. The fourth-order valence-corrected chi connectivity index (χ4v) is 3.80. The number of rotatable bonds is 7. The number of nitrogens with one attached hydrogen (secondary N) is 1. The number of aromatic nitrogens is 1. The molecule has 0 amide bonds. The zero-order valence-electron chi connectivity index (χ0n) is 12.8. The molecule has 1 fully saturated rings. The van der Waals surface area contributed by atoms with Crippen molar-refractivity contribution in [1.29, 1.82) is 0 Å². The van der Waals surface area contributed by atoms with Gasteiger partial charge in [0.25, 0.3) is 0 Å². The highest BCUT2D eigenvalue weighted by atomic mass is 32.1. The molecule has 20 heavy (non-hydrogen) atoms. The number of thiazole rings is 1. The second-order valence-corrected chi connectivity index (χ2v) is 6.33. The summed E-state index contributed by atoms with van der Waals surface area (Å²) < 4.78 is 11.6. The first-order valence-corrected chi connectivity index (χ1v) is 8.42. The van der Waals surface area contributed by atoms with Crippen molar-refractivity contribution in [3.8, 4) is 0 Å². The third-order valence-electron chi connectivity index (χ3n) is 3.72. The third kappa shape index (κ3) is 3.58. The summed E-state index contributed by atoms with van der Waals surface area (Å²) in [4.78, 5) is 6.13. The van der Waals surface area contributed by atoms with Crippen molar-refractivity contribution in [3.63, 3.8) is 0 Å². The first-order chi connectivity index (χ1) is 9.72. The molecule has 1 N–H and O–H groups in total. The van der Waals surface area contributed by atoms with Crippen molar-refractivity contribution in [1.82, 2.24) is 10.3 Å². The molecule has 1 aromatic rings. The molecule has 1 aliphatic rings. The van der Waals surface area contributed by atoms with Gasteiger partial charge in [-0.3, -0.25) is 0 Å². The predicted octanol–water partition coefficient (Wildman–Crippen LogP) is 2.99. The normalized spacial score (nSPS) is 18.4. The highest BCUT2D eigenvalue weighted by Gasteiger charge is 2.38. The summed E-state index contributed by atoms with van der Waals surface area (Å²) in [7, 11) is 0. The maximum Gasteiger partial charge on any atom is 0.125 e. The van der Waals surface area contributed by atoms with E-state index in [1.54, 1.807) is 11.3 Å². The number of aryl methyl sites for hydroxylation is 1. The summed E-state index contributed by atoms with van der Waals surface area (Å²) in [6.45, 7) is 10.6. The second kappa shape index (κ2) is 7.50. The van der Waals surface area contributed by atoms with Gasteiger partial charge in [0.05, 0.1) is 5.69 Å². The van der Waals surface area contributed by atoms with E-state index in [2.05, 4.69) is 26.1 Å². The number of nitrogens with zero attached hydrogens (tertiary/aromatic N) is 1. The molecular formula is C15H26N2O2S. The van der Waals surface area contributed by atoms with Crippen LogP contribution in [0.5, 0.6) is 0 Å². The molecule has 0 bridgehead atoms. The lowest BCUT2D eigenvalue weighted by Gasteiger charge is -2.35. The van der Waals surface area contributed by atoms with Gasteiger partial charge in [0.15, 0.2) is 0 Å². The van der Waals surface area contributed by atoms with Crippen LogP contribution in [0.2, 0.25) is 0 Å². The van der Waals surface area contributed by atoms with E-state index >= 15 is 0 Å². The van der Waals surface area contributed by atoms with Crippen LogP contribution in [0, 0.1) is 6.92 Å². The van der Waals surface area contributed by atoms with Gasteiger partial charge in [0.1, 0.15) is 10.6 Å². The average Bonchev–Trinajstić information content (AvgIpc) is 2.83. The molecule has 2 rings (SSSR count). The SMILES string of the molecule is CCCNCc1sc(C2(OCC)CCOCC2)nc1C. The molecule has 0 aliphatic carbocycles. The van der Waals surface area contributed by atoms with E-state index in [1.165, 1.54) is 4.88 Å². The topological polar surface area (TPSA) is 43.4 Å². The van der Waals surface area contributed by atoms with Gasteiger partial charge >= 0.3 is 0 Å². The van der Waals surface area contributed by atoms with Crippen molar-refractivity contribution in [2.45, 2.75) is 52.2 Å². The Labute approximate surface area is 125 Å². The molecule has 2 heterocycles. The fraction of sp³-hybridized carbons (Fsp3) is 0.800. The first kappa shape index (κ1) is 15.9. The molecule has 0 aromatic carbocycles. The van der Waals surface area contributed by atoms with Gasteiger partial charge in [0, 0.05) is 44.1 Å². The molecule has 4 nitrogen and oxygen atoms in total. The molecule has 0 spiro atoms. The Hall–Kier alpha value is -0.490. The van der Waals surface area contributed by atoms with Crippen LogP contribution in [0.1, 0.15) is 48.7 Å². The Morgan fingerprint density at radius 3 is 2.75 bits per heavy atom. The summed E-state index contributed by atoms with van der Waals surface area (Å²) in [6.07, 6.45) is 2.98. The molecule has 0 saturated carbocycles. The van der Waals surface area contributed by atoms with Gasteiger partial charge in [-0.25, -0.2) is 4.98 Å². The monoisotopic (exact) mass is 298 g/mol. The Balaban J connectivity index is 2.14. The highest BCUT2D eigenvalue weighted by molar-refractivity contribution is 7.11. The lowest BCUT2D eigenvalue weighted by Crippen LogP contribution is -2.36. The van der Waals surface area contributed by atoms with Crippen LogP contribution >= 0.6 is 11.3 Å². The zero-order valence-corrected chi connectivity index (χ0v) is 13.6. The Morgan fingerprint density at radius 2 is 2.10 bits per heavy atom. The van der Waals surface area contributed by atoms with Crippen molar-refractivity contribution in [3.05, 3.63) is 15.6 Å². The van der Waals surface area contributed by atoms with Crippen LogP contribution in [0.15, 0.2) is 0 Å². The first-order valence-electron chi connectivity index (χ1n) is 7.61. The van der Waals surface area contributed by atoms with Crippen LogP contribution in [0.4, 0.5) is 0 Å². The van der Waals surface area contributed by atoms with E-state index < -0.39 is 0 Å². The lowest BCUT2D eigenvalue weighted by molar-refractivity contribution is -0.112. The molecular weight excluding hydrogens is 272 g/mol. The standard InChI is InChI=1S/C15H26N2O2S/c1-4-8-16-11-13-12(3)17-14(20-13)15(19-5-2)6-9-18-10-7-15/h16H,4-11H2,1-3H3. The quantitative estimate of drug-likeness (QED) is 0.786. The van der Waals surface area contributed by atoms with E-state index in [0.29, 0.717) is 0 Å². The van der Waals surface area contributed by atoms with Gasteiger partial charge in [-0.15, -0.1) is 11.3 Å². The van der Waals surface area contributed by atoms with Crippen LogP contribution in [-0.4, -0.2) is 31.3 Å². The minimum Gasteiger partial charge on any atom is -0.381 e. The molecule has 0 radical (unpaired) electrons. The largest absolute Gasteiger partial charge is 0.381 e. The summed E-state index contributed by atoms with van der Waals surface area (Å²) in [5.41, 5.74) is 0.921. The van der Waals surface area contributed by atoms with Crippen LogP contribution in [-0.2, 0) is 21.6 Å². The summed E-state index contributed by atoms with van der Waals surface area (Å²) in [5, 5.41) is 4.59. The number of hydrogen-bond acceptors (Lipinski definition) is 5. The molecule has 0 unspecified atom stereocenters. The molecule has 1 aliphatic heterocycles. The van der Waals surface area contributed by atoms with Gasteiger partial charge < -0.3 is 14.8 Å². The predicted molar refractivity (Wildman–Crippen MR) is 82.2 cm³/mol. The molecule has 1 aromatic heterocycles. The van der Waals surface area contributed by atoms with Crippen LogP contribution in [0.3, 0.4) is 0 Å². The molecule has 5 heteroatoms. The van der Waals surface area contributed by atoms with Gasteiger partial charge in [-0.1, -0.05) is 6.92 Å². The second-order valence-electron chi connectivity index (χ2n) is 5.24. The van der Waals surface area contributed by atoms with E-state index in [-0.39, 0.29) is 5.60 Å². The average molecular weight is 298 g/mol. The summed E-state index contributed by atoms with van der Waals surface area (Å²) in [6, 6.07) is 0. The van der Waals surface area contributed by atoms with E-state index in [4.69, 9.17) is 14.5 Å². The smallest absolute Gasteiger partial charge is 0.125 e. The Bertz CT molecular complexity index is 408. The number of hydrogen-bond donors (Lipinski definition) is 1. The highest BCUT2D eigenvalue weighted by Crippen LogP contribution is 2.39. The van der Waals surface area contributed by atoms with Crippen LogP contribution < -0.4 is 5.32 Å². The summed E-state index contributed by atoms with van der Waals surface area (Å²) >= 11 is 1.80. The number of ether oxygens (including phenoxy) is 2. The third-order valence-corrected chi connectivity index (χ3v) is 5.06. The lowest BCUT2D eigenvalue weighted by atomic mass is 9.95. The van der Waals surface area contributed by atoms with Crippen molar-refractivity contribution in [2.24, 2.45) is 0 Å². The molecule has 0 atom stereocenters.